The Balaban J connectivity index is 2.36. The summed E-state index contributed by atoms with van der Waals surface area (Å²) in [4.78, 5) is 14.1. The van der Waals surface area contributed by atoms with Crippen LogP contribution >= 0.6 is 22.6 Å². The quantitative estimate of drug-likeness (QED) is 0.458. The van der Waals surface area contributed by atoms with Crippen molar-refractivity contribution in [1.82, 2.24) is 0 Å². The van der Waals surface area contributed by atoms with Crippen molar-refractivity contribution in [2.45, 2.75) is 45.2 Å². The van der Waals surface area contributed by atoms with Crippen LogP contribution in [0.3, 0.4) is 0 Å². The number of carbonyl (C=O) groups excluding carboxylic acids is 1. The molecule has 0 bridgehead atoms. The zero-order valence-corrected chi connectivity index (χ0v) is 16.1. The Labute approximate surface area is 153 Å². The first-order chi connectivity index (χ1) is 11.1. The van der Waals surface area contributed by atoms with Gasteiger partial charge in [-0.15, -0.1) is 0 Å². The minimum atomic E-state index is -4.49. The normalized spacial score (nSPS) is 16.6. The van der Waals surface area contributed by atoms with E-state index in [0.29, 0.717) is 22.5 Å². The van der Waals surface area contributed by atoms with Crippen molar-refractivity contribution < 1.29 is 22.7 Å². The van der Waals surface area contributed by atoms with Crippen molar-refractivity contribution in [2.75, 3.05) is 24.7 Å². The van der Waals surface area contributed by atoms with E-state index < -0.39 is 17.2 Å². The van der Waals surface area contributed by atoms with Gasteiger partial charge >= 0.3 is 6.18 Å². The van der Waals surface area contributed by atoms with Crippen LogP contribution in [0.4, 0.5) is 18.9 Å². The second-order valence-corrected chi connectivity index (χ2v) is 7.64. The van der Waals surface area contributed by atoms with E-state index in [2.05, 4.69) is 0 Å². The molecule has 0 saturated heterocycles. The summed E-state index contributed by atoms with van der Waals surface area (Å²) in [6.45, 7) is 6.31. The number of carbonyl (C=O) groups is 1. The molecule has 134 valence electrons. The molecule has 0 spiro atoms. The minimum Gasteiger partial charge on any atom is -0.380 e. The summed E-state index contributed by atoms with van der Waals surface area (Å²) in [7, 11) is 0. The van der Waals surface area contributed by atoms with E-state index in [0.717, 1.165) is 18.9 Å². The van der Waals surface area contributed by atoms with Crippen LogP contribution in [0.5, 0.6) is 0 Å². The molecule has 1 amide bonds. The van der Waals surface area contributed by atoms with Crippen molar-refractivity contribution in [3.8, 4) is 0 Å². The molecule has 0 aliphatic carbocycles. The molecule has 1 aliphatic rings. The molecule has 1 heterocycles. The summed E-state index contributed by atoms with van der Waals surface area (Å²) in [5.74, 6) is -0.316. The molecule has 1 aromatic carbocycles. The van der Waals surface area contributed by atoms with E-state index in [1.807, 2.05) is 29.5 Å². The number of unbranched alkanes of at least 4 members (excludes halogenated alkanes) is 1. The maximum atomic E-state index is 13.5. The maximum Gasteiger partial charge on any atom is 0.416 e. The largest absolute Gasteiger partial charge is 0.416 e. The molecule has 2 rings (SSSR count). The fraction of sp³-hybridized carbons (Fsp3) is 0.588. The average molecular weight is 455 g/mol. The topological polar surface area (TPSA) is 29.5 Å². The Hall–Kier alpha value is -0.830. The van der Waals surface area contributed by atoms with Gasteiger partial charge in [0.2, 0.25) is 5.91 Å². The van der Waals surface area contributed by atoms with E-state index in [4.69, 9.17) is 4.74 Å². The molecule has 1 aliphatic heterocycles. The Morgan fingerprint density at radius 3 is 2.50 bits per heavy atom. The number of alkyl halides is 3. The van der Waals surface area contributed by atoms with Crippen molar-refractivity contribution in [3.05, 3.63) is 26.8 Å². The number of halogens is 4. The van der Waals surface area contributed by atoms with Gasteiger partial charge < -0.3 is 9.64 Å². The standard InChI is InChI=1S/C17H21F3INO2/c1-4-5-7-24-8-6-22-13-10-11(21)9-12(17(18,19)20)14(13)16(2,3)15(22)23/h9-10H,4-8H2,1-3H3. The molecule has 3 nitrogen and oxygen atoms in total. The van der Waals surface area contributed by atoms with Crippen molar-refractivity contribution in [2.24, 2.45) is 0 Å². The molecule has 0 unspecified atom stereocenters. The van der Waals surface area contributed by atoms with Gasteiger partial charge in [0.25, 0.3) is 0 Å². The molecule has 0 aromatic heterocycles. The Kier molecular flexibility index (Phi) is 5.84. The first-order valence-electron chi connectivity index (χ1n) is 7.91. The summed E-state index contributed by atoms with van der Waals surface area (Å²) in [6.07, 6.45) is -2.56. The SMILES string of the molecule is CCCCOCCN1C(=O)C(C)(C)c2c1cc(I)cc2C(F)(F)F. The smallest absolute Gasteiger partial charge is 0.380 e. The number of ether oxygens (including phenoxy) is 1. The van der Waals surface area contributed by atoms with Crippen LogP contribution in [0.25, 0.3) is 0 Å². The van der Waals surface area contributed by atoms with Gasteiger partial charge in [-0.2, -0.15) is 13.2 Å². The highest BCUT2D eigenvalue weighted by Crippen LogP contribution is 2.48. The molecule has 0 fully saturated rings. The first-order valence-corrected chi connectivity index (χ1v) is 8.99. The fourth-order valence-corrected chi connectivity index (χ4v) is 3.57. The van der Waals surface area contributed by atoms with Crippen molar-refractivity contribution in [1.29, 1.82) is 0 Å². The van der Waals surface area contributed by atoms with Gasteiger partial charge in [0.1, 0.15) is 0 Å². The molecular weight excluding hydrogens is 434 g/mol. The number of amides is 1. The van der Waals surface area contributed by atoms with Gasteiger partial charge in [-0.05, 0) is 55.0 Å². The fourth-order valence-electron chi connectivity index (χ4n) is 2.97. The molecule has 7 heteroatoms. The average Bonchev–Trinajstić information content (AvgIpc) is 2.65. The third-order valence-corrected chi connectivity index (χ3v) is 4.81. The van der Waals surface area contributed by atoms with Crippen LogP contribution in [0, 0.1) is 3.57 Å². The molecular formula is C17H21F3INO2. The van der Waals surface area contributed by atoms with Crippen molar-refractivity contribution >= 4 is 34.2 Å². The van der Waals surface area contributed by atoms with Gasteiger partial charge in [-0.25, -0.2) is 0 Å². The summed E-state index contributed by atoms with van der Waals surface area (Å²) in [5, 5.41) is 0. The third-order valence-electron chi connectivity index (χ3n) is 4.18. The van der Waals surface area contributed by atoms with Crippen LogP contribution in [0.2, 0.25) is 0 Å². The second-order valence-electron chi connectivity index (χ2n) is 6.39. The zero-order valence-electron chi connectivity index (χ0n) is 14.0. The lowest BCUT2D eigenvalue weighted by molar-refractivity contribution is -0.138. The number of hydrogen-bond acceptors (Lipinski definition) is 2. The Bertz CT molecular complexity index is 629. The van der Waals surface area contributed by atoms with Crippen LogP contribution < -0.4 is 4.90 Å². The van der Waals surface area contributed by atoms with Gasteiger partial charge in [0, 0.05) is 28.0 Å². The summed E-state index contributed by atoms with van der Waals surface area (Å²) >= 11 is 1.85. The molecule has 0 atom stereocenters. The monoisotopic (exact) mass is 455 g/mol. The number of nitrogens with zero attached hydrogens (tertiary/aromatic N) is 1. The van der Waals surface area contributed by atoms with Gasteiger partial charge in [-0.1, -0.05) is 13.3 Å². The predicted octanol–water partition coefficient (Wildman–Crippen LogP) is 4.75. The summed E-state index contributed by atoms with van der Waals surface area (Å²) < 4.78 is 46.3. The third kappa shape index (κ3) is 3.71. The highest BCUT2D eigenvalue weighted by atomic mass is 127. The molecule has 1 aromatic rings. The second kappa shape index (κ2) is 7.19. The number of benzene rings is 1. The van der Waals surface area contributed by atoms with Crippen LogP contribution in [-0.2, 0) is 21.1 Å². The van der Waals surface area contributed by atoms with E-state index in [1.165, 1.54) is 4.90 Å². The molecule has 0 radical (unpaired) electrons. The van der Waals surface area contributed by atoms with Gasteiger partial charge in [-0.3, -0.25) is 4.79 Å². The van der Waals surface area contributed by atoms with Crippen LogP contribution in [-0.4, -0.2) is 25.7 Å². The van der Waals surface area contributed by atoms with Crippen LogP contribution in [0.15, 0.2) is 12.1 Å². The summed E-state index contributed by atoms with van der Waals surface area (Å²) in [5.41, 5.74) is -1.51. The van der Waals surface area contributed by atoms with Gasteiger partial charge in [0.05, 0.1) is 17.6 Å². The number of hydrogen-bond donors (Lipinski definition) is 0. The first kappa shape index (κ1) is 19.5. The van der Waals surface area contributed by atoms with Gasteiger partial charge in [0.15, 0.2) is 0 Å². The predicted molar refractivity (Wildman–Crippen MR) is 95.3 cm³/mol. The number of fused-ring (bicyclic) bond motifs is 1. The van der Waals surface area contributed by atoms with Crippen LogP contribution in [0.1, 0.15) is 44.7 Å². The van der Waals surface area contributed by atoms with E-state index >= 15 is 0 Å². The molecule has 0 saturated carbocycles. The lowest BCUT2D eigenvalue weighted by Gasteiger charge is -2.21. The van der Waals surface area contributed by atoms with E-state index in [9.17, 15) is 18.0 Å². The maximum absolute atomic E-state index is 13.5. The lowest BCUT2D eigenvalue weighted by atomic mass is 9.83. The number of anilines is 1. The lowest BCUT2D eigenvalue weighted by Crippen LogP contribution is -2.38. The minimum absolute atomic E-state index is 0.0639. The van der Waals surface area contributed by atoms with Crippen molar-refractivity contribution in [3.63, 3.8) is 0 Å². The highest BCUT2D eigenvalue weighted by molar-refractivity contribution is 14.1. The number of rotatable bonds is 6. The highest BCUT2D eigenvalue weighted by Gasteiger charge is 2.49. The Morgan fingerprint density at radius 2 is 1.92 bits per heavy atom. The Morgan fingerprint density at radius 1 is 1.25 bits per heavy atom. The summed E-state index contributed by atoms with van der Waals surface area (Å²) in [6, 6.07) is 2.75. The molecule has 24 heavy (non-hydrogen) atoms. The van der Waals surface area contributed by atoms with E-state index in [1.54, 1.807) is 19.9 Å². The van der Waals surface area contributed by atoms with E-state index in [-0.39, 0.29) is 18.0 Å². The molecule has 0 N–H and O–H groups in total. The zero-order chi connectivity index (χ0) is 18.1.